The minimum atomic E-state index is -0.455. The first-order chi connectivity index (χ1) is 6.61. The van der Waals surface area contributed by atoms with Gasteiger partial charge in [-0.2, -0.15) is 0 Å². The highest BCUT2D eigenvalue weighted by Crippen LogP contribution is 2.33. The maximum atomic E-state index is 5.67. The van der Waals surface area contributed by atoms with Crippen LogP contribution in [-0.4, -0.2) is 36.2 Å². The van der Waals surface area contributed by atoms with Crippen molar-refractivity contribution in [2.45, 2.75) is 44.9 Å². The van der Waals surface area contributed by atoms with Crippen LogP contribution in [0.5, 0.6) is 0 Å². The summed E-state index contributed by atoms with van der Waals surface area (Å²) in [4.78, 5) is 7.75. The van der Waals surface area contributed by atoms with E-state index in [4.69, 9.17) is 9.57 Å². The second-order valence-electron chi connectivity index (χ2n) is 4.33. The van der Waals surface area contributed by atoms with E-state index in [1.807, 2.05) is 6.92 Å². The van der Waals surface area contributed by atoms with Gasteiger partial charge in [0.25, 0.3) is 5.79 Å². The van der Waals surface area contributed by atoms with Crippen LogP contribution in [-0.2, 0) is 9.57 Å². The van der Waals surface area contributed by atoms with E-state index in [-0.39, 0.29) is 0 Å². The van der Waals surface area contributed by atoms with Gasteiger partial charge < -0.3 is 14.5 Å². The van der Waals surface area contributed by atoms with Gasteiger partial charge in [-0.1, -0.05) is 0 Å². The molecule has 4 nitrogen and oxygen atoms in total. The molecule has 80 valence electrons. The van der Waals surface area contributed by atoms with Crippen LogP contribution in [0.25, 0.3) is 0 Å². The molecule has 2 aliphatic heterocycles. The Kier molecular flexibility index (Phi) is 2.39. The van der Waals surface area contributed by atoms with E-state index >= 15 is 0 Å². The fourth-order valence-electron chi connectivity index (χ4n) is 1.99. The quantitative estimate of drug-likeness (QED) is 0.592. The van der Waals surface area contributed by atoms with Crippen molar-refractivity contribution in [3.05, 3.63) is 0 Å². The minimum absolute atomic E-state index is 0.455. The SMILES string of the molecule is CC1=NOC2(CCC(C)N(C)CC2)O1. The molecule has 0 aromatic carbocycles. The first-order valence-corrected chi connectivity index (χ1v) is 5.23. The van der Waals surface area contributed by atoms with Crippen molar-refractivity contribution in [1.82, 2.24) is 4.90 Å². The first-order valence-electron chi connectivity index (χ1n) is 5.23. The van der Waals surface area contributed by atoms with E-state index < -0.39 is 5.79 Å². The molecule has 0 aliphatic carbocycles. The zero-order valence-corrected chi connectivity index (χ0v) is 9.12. The van der Waals surface area contributed by atoms with Crippen molar-refractivity contribution in [2.24, 2.45) is 5.16 Å². The number of hydrogen-bond acceptors (Lipinski definition) is 4. The third-order valence-corrected chi connectivity index (χ3v) is 3.22. The molecule has 0 bridgehead atoms. The van der Waals surface area contributed by atoms with E-state index in [2.05, 4.69) is 24.0 Å². The second-order valence-corrected chi connectivity index (χ2v) is 4.33. The normalized spacial score (nSPS) is 38.8. The zero-order valence-electron chi connectivity index (χ0n) is 9.12. The van der Waals surface area contributed by atoms with Crippen molar-refractivity contribution in [3.63, 3.8) is 0 Å². The van der Waals surface area contributed by atoms with Gasteiger partial charge in [-0.3, -0.25) is 0 Å². The summed E-state index contributed by atoms with van der Waals surface area (Å²) in [5.41, 5.74) is 0. The van der Waals surface area contributed by atoms with Crippen LogP contribution in [0, 0.1) is 0 Å². The highest BCUT2D eigenvalue weighted by molar-refractivity contribution is 5.73. The van der Waals surface area contributed by atoms with Gasteiger partial charge in [0.05, 0.1) is 0 Å². The van der Waals surface area contributed by atoms with Crippen LogP contribution in [0.15, 0.2) is 5.16 Å². The van der Waals surface area contributed by atoms with Gasteiger partial charge in [-0.15, -0.1) is 0 Å². The lowest BCUT2D eigenvalue weighted by Gasteiger charge is -2.23. The molecule has 1 fully saturated rings. The van der Waals surface area contributed by atoms with Gasteiger partial charge in [0.1, 0.15) is 0 Å². The molecule has 2 atom stereocenters. The molecule has 0 aromatic rings. The van der Waals surface area contributed by atoms with Crippen molar-refractivity contribution in [2.75, 3.05) is 13.6 Å². The average molecular weight is 198 g/mol. The summed E-state index contributed by atoms with van der Waals surface area (Å²) in [6.07, 6.45) is 2.92. The topological polar surface area (TPSA) is 34.1 Å². The van der Waals surface area contributed by atoms with E-state index in [9.17, 15) is 0 Å². The van der Waals surface area contributed by atoms with E-state index in [1.54, 1.807) is 0 Å². The summed E-state index contributed by atoms with van der Waals surface area (Å²) in [5.74, 6) is 0.200. The molecule has 14 heavy (non-hydrogen) atoms. The lowest BCUT2D eigenvalue weighted by Crippen LogP contribution is -2.33. The van der Waals surface area contributed by atoms with Crippen molar-refractivity contribution in [3.8, 4) is 0 Å². The van der Waals surface area contributed by atoms with Crippen LogP contribution in [0.3, 0.4) is 0 Å². The monoisotopic (exact) mass is 198 g/mol. The lowest BCUT2D eigenvalue weighted by atomic mass is 10.1. The fraction of sp³-hybridized carbons (Fsp3) is 0.900. The molecule has 2 heterocycles. The number of rotatable bonds is 0. The van der Waals surface area contributed by atoms with Gasteiger partial charge in [0.15, 0.2) is 0 Å². The average Bonchev–Trinajstić information content (AvgIpc) is 2.47. The lowest BCUT2D eigenvalue weighted by molar-refractivity contribution is -0.166. The molecule has 2 rings (SSSR count). The van der Waals surface area contributed by atoms with Crippen LogP contribution < -0.4 is 0 Å². The molecular formula is C10H18N2O2. The van der Waals surface area contributed by atoms with Crippen molar-refractivity contribution in [1.29, 1.82) is 0 Å². The Morgan fingerprint density at radius 1 is 1.50 bits per heavy atom. The maximum Gasteiger partial charge on any atom is 0.278 e. The molecule has 1 saturated heterocycles. The molecule has 2 aliphatic rings. The molecule has 0 amide bonds. The van der Waals surface area contributed by atoms with Crippen molar-refractivity contribution >= 4 is 5.90 Å². The molecule has 2 unspecified atom stereocenters. The smallest absolute Gasteiger partial charge is 0.278 e. The predicted molar refractivity (Wildman–Crippen MR) is 54.0 cm³/mol. The third-order valence-electron chi connectivity index (χ3n) is 3.22. The second kappa shape index (κ2) is 3.42. The molecule has 0 aromatic heterocycles. The molecule has 0 saturated carbocycles. The largest absolute Gasteiger partial charge is 0.434 e. The molecular weight excluding hydrogens is 180 g/mol. The number of nitrogens with zero attached hydrogens (tertiary/aromatic N) is 2. The Hall–Kier alpha value is -0.770. The van der Waals surface area contributed by atoms with Gasteiger partial charge in [0, 0.05) is 32.4 Å². The van der Waals surface area contributed by atoms with Gasteiger partial charge in [0.2, 0.25) is 5.90 Å². The fourth-order valence-corrected chi connectivity index (χ4v) is 1.99. The van der Waals surface area contributed by atoms with E-state index in [0.29, 0.717) is 11.9 Å². The minimum Gasteiger partial charge on any atom is -0.434 e. The highest BCUT2D eigenvalue weighted by atomic mass is 16.8. The number of oxime groups is 1. The Morgan fingerprint density at radius 2 is 2.29 bits per heavy atom. The van der Waals surface area contributed by atoms with Crippen LogP contribution in [0.2, 0.25) is 0 Å². The van der Waals surface area contributed by atoms with Gasteiger partial charge >= 0.3 is 0 Å². The maximum absolute atomic E-state index is 5.67. The number of ether oxygens (including phenoxy) is 1. The highest BCUT2D eigenvalue weighted by Gasteiger charge is 2.42. The Morgan fingerprint density at radius 3 is 2.93 bits per heavy atom. The summed E-state index contributed by atoms with van der Waals surface area (Å²) in [5, 5.41) is 3.88. The number of likely N-dealkylation sites (tertiary alicyclic amines) is 1. The van der Waals surface area contributed by atoms with Gasteiger partial charge in [-0.05, 0) is 25.5 Å². The summed E-state index contributed by atoms with van der Waals surface area (Å²) < 4.78 is 5.67. The Bertz CT molecular complexity index is 241. The standard InChI is InChI=1S/C10H18N2O2/c1-8-4-5-10(6-7-12(8)3)13-9(2)11-14-10/h8H,4-7H2,1-3H3. The first kappa shape index (κ1) is 9.77. The number of hydrogen-bond donors (Lipinski definition) is 0. The summed E-state index contributed by atoms with van der Waals surface area (Å²) in [7, 11) is 2.15. The molecule has 0 radical (unpaired) electrons. The summed E-state index contributed by atoms with van der Waals surface area (Å²) >= 11 is 0. The van der Waals surface area contributed by atoms with Crippen LogP contribution >= 0.6 is 0 Å². The van der Waals surface area contributed by atoms with E-state index in [0.717, 1.165) is 25.8 Å². The van der Waals surface area contributed by atoms with Crippen molar-refractivity contribution < 1.29 is 9.57 Å². The Balaban J connectivity index is 2.02. The van der Waals surface area contributed by atoms with Gasteiger partial charge in [-0.25, -0.2) is 0 Å². The molecule has 1 spiro atoms. The van der Waals surface area contributed by atoms with E-state index in [1.165, 1.54) is 0 Å². The summed E-state index contributed by atoms with van der Waals surface area (Å²) in [6.45, 7) is 5.08. The Labute approximate surface area is 84.8 Å². The third kappa shape index (κ3) is 1.71. The predicted octanol–water partition coefficient (Wildman–Crippen LogP) is 1.57. The zero-order chi connectivity index (χ0) is 10.2. The van der Waals surface area contributed by atoms with Crippen LogP contribution in [0.1, 0.15) is 33.1 Å². The summed E-state index contributed by atoms with van der Waals surface area (Å²) in [6, 6.07) is 0.600. The molecule has 4 heteroatoms. The molecule has 0 N–H and O–H groups in total. The van der Waals surface area contributed by atoms with Crippen LogP contribution in [0.4, 0.5) is 0 Å².